The average molecular weight is 428 g/mol. The van der Waals surface area contributed by atoms with E-state index in [0.29, 0.717) is 29.0 Å². The summed E-state index contributed by atoms with van der Waals surface area (Å²) < 4.78 is 7.70. The molecule has 8 heteroatoms. The molecule has 1 aromatic carbocycles. The quantitative estimate of drug-likeness (QED) is 0.733. The van der Waals surface area contributed by atoms with E-state index in [1.54, 1.807) is 17.7 Å². The molecule has 2 fully saturated rings. The average Bonchev–Trinajstić information content (AvgIpc) is 3.35. The second kappa shape index (κ2) is 7.09. The van der Waals surface area contributed by atoms with Crippen LogP contribution in [0.4, 0.5) is 5.69 Å². The summed E-state index contributed by atoms with van der Waals surface area (Å²) in [5, 5.41) is 9.44. The number of hydrogen-bond acceptors (Lipinski definition) is 5. The first-order valence-electron chi connectivity index (χ1n) is 9.20. The van der Waals surface area contributed by atoms with E-state index in [1.807, 2.05) is 6.07 Å². The van der Waals surface area contributed by atoms with Gasteiger partial charge in [-0.1, -0.05) is 0 Å². The topological polar surface area (TPSA) is 91.1 Å². The summed E-state index contributed by atoms with van der Waals surface area (Å²) in [6, 6.07) is 6.07. The Morgan fingerprint density at radius 3 is 2.81 bits per heavy atom. The Bertz CT molecular complexity index is 1030. The van der Waals surface area contributed by atoms with Gasteiger partial charge in [0.2, 0.25) is 0 Å². The summed E-state index contributed by atoms with van der Waals surface area (Å²) in [5.41, 5.74) is 0.750. The zero-order valence-corrected chi connectivity index (χ0v) is 17.0. The van der Waals surface area contributed by atoms with E-state index in [2.05, 4.69) is 32.8 Å². The summed E-state index contributed by atoms with van der Waals surface area (Å²) in [6.45, 7) is 1.70. The third-order valence-electron chi connectivity index (χ3n) is 5.56. The maximum atomic E-state index is 12.5. The second-order valence-electron chi connectivity index (χ2n) is 7.30. The molecule has 1 saturated carbocycles. The Morgan fingerprint density at radius 2 is 2.15 bits per heavy atom. The summed E-state index contributed by atoms with van der Waals surface area (Å²) in [5.74, 6) is 1.01. The number of fused-ring (bicyclic) bond motifs is 1. The third kappa shape index (κ3) is 3.17. The fraction of sp³-hybridized carbons (Fsp3) is 0.526. The van der Waals surface area contributed by atoms with Gasteiger partial charge in [0.1, 0.15) is 0 Å². The van der Waals surface area contributed by atoms with Crippen molar-refractivity contribution in [3.8, 4) is 11.8 Å². The van der Waals surface area contributed by atoms with Crippen LogP contribution in [0.25, 0.3) is 10.9 Å². The molecule has 1 aliphatic heterocycles. The molecule has 2 heterocycles. The van der Waals surface area contributed by atoms with Crippen molar-refractivity contribution in [2.24, 2.45) is 5.92 Å². The van der Waals surface area contributed by atoms with Gasteiger partial charge < -0.3 is 0 Å². The van der Waals surface area contributed by atoms with Crippen LogP contribution in [-0.2, 0) is 0 Å². The molecule has 2 radical (unpaired) electrons. The van der Waals surface area contributed by atoms with Crippen LogP contribution in [-0.4, -0.2) is 46.6 Å². The first kappa shape index (κ1) is 18.2. The van der Waals surface area contributed by atoms with Gasteiger partial charge in [-0.15, -0.1) is 0 Å². The van der Waals surface area contributed by atoms with E-state index in [9.17, 15) is 9.59 Å². The van der Waals surface area contributed by atoms with Gasteiger partial charge in [0, 0.05) is 0 Å². The number of aromatic nitrogens is 2. The van der Waals surface area contributed by atoms with E-state index >= 15 is 0 Å². The van der Waals surface area contributed by atoms with Gasteiger partial charge in [-0.3, -0.25) is 0 Å². The van der Waals surface area contributed by atoms with Gasteiger partial charge in [0.05, 0.1) is 0 Å². The molecular formula is C19H21AsN4O3. The molecule has 0 amide bonds. The van der Waals surface area contributed by atoms with Crippen LogP contribution in [0.2, 0.25) is 4.71 Å². The number of anilines is 1. The number of ether oxygens (including phenoxy) is 1. The second-order valence-corrected chi connectivity index (χ2v) is 8.69. The number of rotatable bonds is 5. The van der Waals surface area contributed by atoms with E-state index in [0.717, 1.165) is 38.0 Å². The van der Waals surface area contributed by atoms with E-state index < -0.39 is 0 Å². The van der Waals surface area contributed by atoms with Gasteiger partial charge >= 0.3 is 165 Å². The van der Waals surface area contributed by atoms with Gasteiger partial charge in [-0.05, 0) is 0 Å². The molecule has 4 rings (SSSR count). The van der Waals surface area contributed by atoms with Crippen molar-refractivity contribution in [1.29, 1.82) is 5.26 Å². The van der Waals surface area contributed by atoms with Crippen molar-refractivity contribution in [3.05, 3.63) is 33.0 Å². The van der Waals surface area contributed by atoms with Crippen molar-refractivity contribution >= 4 is 33.4 Å². The molecule has 0 bridgehead atoms. The van der Waals surface area contributed by atoms with Crippen molar-refractivity contribution in [2.45, 2.75) is 36.4 Å². The van der Waals surface area contributed by atoms with Crippen LogP contribution in [0.1, 0.15) is 31.7 Å². The molecule has 1 N–H and O–H groups in total. The molecule has 1 aromatic heterocycles. The predicted molar refractivity (Wildman–Crippen MR) is 104 cm³/mol. The fourth-order valence-corrected chi connectivity index (χ4v) is 4.70. The Labute approximate surface area is 165 Å². The Kier molecular flexibility index (Phi) is 4.77. The first-order chi connectivity index (χ1) is 13.0. The standard InChI is InChI=1S/C19H21AsN4O3/c1-27-17-15(23-9-7-11(10-23)14(20)6-8-21)5-4-13-16(17)24(12-2-3-12)19(26)22-18(13)25/h4-5,11-12,14H,2-3,6-7,9-10H2,1H3,(H,22,25,26). The number of benzene rings is 1. The van der Waals surface area contributed by atoms with Crippen LogP contribution in [0.15, 0.2) is 21.7 Å². The summed E-state index contributed by atoms with van der Waals surface area (Å²) in [6.07, 6.45) is 3.41. The predicted octanol–water partition coefficient (Wildman–Crippen LogP) is 1.73. The van der Waals surface area contributed by atoms with Crippen LogP contribution >= 0.6 is 0 Å². The summed E-state index contributed by atoms with van der Waals surface area (Å²) in [7, 11) is 1.59. The minimum atomic E-state index is -0.379. The monoisotopic (exact) mass is 428 g/mol. The normalized spacial score (nSPS) is 20.6. The SMILES string of the molecule is COc1c(N2CCC(C([As])CC#N)C2)ccc2c(=O)[nH]c(=O)n(C3CC3)c12. The number of methoxy groups -OCH3 is 1. The fourth-order valence-electron chi connectivity index (χ4n) is 4.02. The molecule has 2 unspecified atom stereocenters. The number of H-pyrrole nitrogens is 1. The van der Waals surface area contributed by atoms with Gasteiger partial charge in [-0.25, -0.2) is 0 Å². The number of hydrogen-bond donors (Lipinski definition) is 1. The maximum absolute atomic E-state index is 12.5. The molecule has 2 aliphatic rings. The minimum absolute atomic E-state index is 0.125. The van der Waals surface area contributed by atoms with Crippen LogP contribution in [0.3, 0.4) is 0 Å². The Morgan fingerprint density at radius 1 is 1.37 bits per heavy atom. The van der Waals surface area contributed by atoms with Crippen molar-refractivity contribution in [2.75, 3.05) is 25.1 Å². The van der Waals surface area contributed by atoms with Crippen LogP contribution in [0.5, 0.6) is 5.75 Å². The third-order valence-corrected chi connectivity index (χ3v) is 6.83. The molecule has 7 nitrogen and oxygen atoms in total. The Balaban J connectivity index is 1.81. The zero-order valence-electron chi connectivity index (χ0n) is 15.1. The van der Waals surface area contributed by atoms with Crippen molar-refractivity contribution in [1.82, 2.24) is 9.55 Å². The van der Waals surface area contributed by atoms with E-state index in [1.165, 1.54) is 0 Å². The van der Waals surface area contributed by atoms with Crippen molar-refractivity contribution < 1.29 is 4.74 Å². The van der Waals surface area contributed by atoms with E-state index in [4.69, 9.17) is 10.00 Å². The molecule has 2 aromatic rings. The van der Waals surface area contributed by atoms with Gasteiger partial charge in [0.15, 0.2) is 0 Å². The van der Waals surface area contributed by atoms with Crippen LogP contribution < -0.4 is 20.9 Å². The van der Waals surface area contributed by atoms with Crippen molar-refractivity contribution in [3.63, 3.8) is 0 Å². The number of aromatic amines is 1. The molecule has 140 valence electrons. The molecule has 2 atom stereocenters. The molecule has 27 heavy (non-hydrogen) atoms. The molecular weight excluding hydrogens is 407 g/mol. The summed E-state index contributed by atoms with van der Waals surface area (Å²) in [4.78, 5) is 29.5. The van der Waals surface area contributed by atoms with Crippen LogP contribution in [0, 0.1) is 17.2 Å². The number of nitriles is 1. The molecule has 0 spiro atoms. The number of nitrogens with one attached hydrogen (secondary N) is 1. The molecule has 1 saturated heterocycles. The Hall–Kier alpha value is -2.19. The summed E-state index contributed by atoms with van der Waals surface area (Å²) >= 11 is 2.63. The zero-order chi connectivity index (χ0) is 19.1. The number of nitrogens with zero attached hydrogens (tertiary/aromatic N) is 3. The van der Waals surface area contributed by atoms with Gasteiger partial charge in [0.25, 0.3) is 0 Å². The molecule has 1 aliphatic carbocycles. The van der Waals surface area contributed by atoms with Gasteiger partial charge in [-0.2, -0.15) is 0 Å². The first-order valence-corrected chi connectivity index (χ1v) is 10.3. The van der Waals surface area contributed by atoms with E-state index in [-0.39, 0.29) is 22.0 Å².